The Morgan fingerprint density at radius 3 is 2.66 bits per heavy atom. The molecule has 0 aromatic carbocycles. The van der Waals surface area contributed by atoms with E-state index in [1.807, 2.05) is 19.1 Å². The average molecular weight is 394 g/mol. The second-order valence-corrected chi connectivity index (χ2v) is 6.99. The van der Waals surface area contributed by atoms with Crippen LogP contribution in [0, 0.1) is 18.3 Å². The van der Waals surface area contributed by atoms with Crippen molar-refractivity contribution in [2.24, 2.45) is 0 Å². The highest BCUT2D eigenvalue weighted by Gasteiger charge is 2.23. The van der Waals surface area contributed by atoms with E-state index >= 15 is 0 Å². The number of carbonyl (C=O) groups is 1. The number of fused-ring (bicyclic) bond motifs is 1. The summed E-state index contributed by atoms with van der Waals surface area (Å²) in [7, 11) is 0. The lowest BCUT2D eigenvalue weighted by Gasteiger charge is -2.35. The summed E-state index contributed by atoms with van der Waals surface area (Å²) in [6, 6.07) is 5.61. The van der Waals surface area contributed by atoms with Gasteiger partial charge in [0.15, 0.2) is 0 Å². The third-order valence-electron chi connectivity index (χ3n) is 5.17. The monoisotopic (exact) mass is 394 g/mol. The highest BCUT2D eigenvalue weighted by molar-refractivity contribution is 6.02. The summed E-state index contributed by atoms with van der Waals surface area (Å²) in [5.41, 5.74) is 1.34. The molecular weight excluding hydrogens is 368 g/mol. The summed E-state index contributed by atoms with van der Waals surface area (Å²) in [4.78, 5) is 34.7. The van der Waals surface area contributed by atoms with E-state index in [2.05, 4.69) is 22.0 Å². The summed E-state index contributed by atoms with van der Waals surface area (Å²) >= 11 is 0. The minimum absolute atomic E-state index is 0.105. The molecule has 29 heavy (non-hydrogen) atoms. The van der Waals surface area contributed by atoms with Gasteiger partial charge in [-0.05, 0) is 38.1 Å². The maximum absolute atomic E-state index is 13.3. The van der Waals surface area contributed by atoms with Crippen LogP contribution in [0.3, 0.4) is 0 Å². The van der Waals surface area contributed by atoms with Crippen molar-refractivity contribution >= 4 is 23.4 Å². The van der Waals surface area contributed by atoms with Crippen molar-refractivity contribution < 1.29 is 4.79 Å². The molecular formula is C21H26N6O2. The zero-order chi connectivity index (χ0) is 21.0. The van der Waals surface area contributed by atoms with E-state index in [0.29, 0.717) is 18.0 Å². The molecule has 152 valence electrons. The van der Waals surface area contributed by atoms with Crippen LogP contribution in [0.2, 0.25) is 0 Å². The molecule has 0 atom stereocenters. The second kappa shape index (κ2) is 8.88. The molecule has 0 spiro atoms. The molecule has 1 aliphatic rings. The quantitative estimate of drug-likeness (QED) is 0.605. The van der Waals surface area contributed by atoms with E-state index < -0.39 is 5.91 Å². The summed E-state index contributed by atoms with van der Waals surface area (Å²) in [5, 5.41) is 12.1. The Morgan fingerprint density at radius 2 is 2.03 bits per heavy atom. The molecule has 2 aromatic rings. The van der Waals surface area contributed by atoms with Crippen LogP contribution >= 0.6 is 0 Å². The number of carbonyl (C=O) groups excluding carboxylic acids is 1. The van der Waals surface area contributed by atoms with Crippen LogP contribution in [0.15, 0.2) is 28.7 Å². The number of rotatable bonds is 5. The number of aryl methyl sites for hydroxylation is 1. The van der Waals surface area contributed by atoms with Crippen LogP contribution in [0.25, 0.3) is 11.7 Å². The van der Waals surface area contributed by atoms with Crippen molar-refractivity contribution in [2.45, 2.75) is 20.8 Å². The average Bonchev–Trinajstić information content (AvgIpc) is 2.74. The predicted molar refractivity (Wildman–Crippen MR) is 113 cm³/mol. The van der Waals surface area contributed by atoms with E-state index in [1.54, 1.807) is 19.2 Å². The minimum Gasteiger partial charge on any atom is -0.353 e. The third kappa shape index (κ3) is 4.15. The number of pyridine rings is 1. The molecule has 0 unspecified atom stereocenters. The van der Waals surface area contributed by atoms with Crippen molar-refractivity contribution in [3.8, 4) is 6.07 Å². The standard InChI is InChI=1S/C21H26N6O2/c1-4-23-20(28)16(14-22)13-17-19(26-11-9-25(5-2)10-12-26)24-18-15(3)7-6-8-27(18)21(17)29/h6-8,13H,4-5,9-12H2,1-3H3,(H,23,28)/b16-13+. The van der Waals surface area contributed by atoms with E-state index in [9.17, 15) is 14.9 Å². The lowest BCUT2D eigenvalue weighted by atomic mass is 10.1. The molecule has 3 heterocycles. The van der Waals surface area contributed by atoms with Crippen molar-refractivity contribution in [1.82, 2.24) is 19.6 Å². The van der Waals surface area contributed by atoms with E-state index in [1.165, 1.54) is 10.5 Å². The highest BCUT2D eigenvalue weighted by atomic mass is 16.1. The highest BCUT2D eigenvalue weighted by Crippen LogP contribution is 2.21. The maximum Gasteiger partial charge on any atom is 0.267 e. The number of anilines is 1. The molecule has 0 bridgehead atoms. The molecule has 0 aliphatic carbocycles. The maximum atomic E-state index is 13.3. The van der Waals surface area contributed by atoms with Crippen molar-refractivity contribution in [1.29, 1.82) is 5.26 Å². The molecule has 1 amide bonds. The topological polar surface area (TPSA) is 93.7 Å². The van der Waals surface area contributed by atoms with Gasteiger partial charge in [-0.1, -0.05) is 13.0 Å². The molecule has 1 saturated heterocycles. The predicted octanol–water partition coefficient (Wildman–Crippen LogP) is 1.19. The van der Waals surface area contributed by atoms with Gasteiger partial charge in [0.1, 0.15) is 23.1 Å². The van der Waals surface area contributed by atoms with Gasteiger partial charge in [0.05, 0.1) is 5.56 Å². The van der Waals surface area contributed by atoms with Gasteiger partial charge < -0.3 is 15.1 Å². The van der Waals surface area contributed by atoms with Gasteiger partial charge in [-0.15, -0.1) is 0 Å². The molecule has 3 rings (SSSR count). The Labute approximate surface area is 170 Å². The number of piperazine rings is 1. The lowest BCUT2D eigenvalue weighted by Crippen LogP contribution is -2.47. The SMILES string of the molecule is CCNC(=O)/C(C#N)=C/c1c(N2CCN(CC)CC2)nc2c(C)cccn2c1=O. The van der Waals surface area contributed by atoms with Gasteiger partial charge >= 0.3 is 0 Å². The molecule has 0 radical (unpaired) electrons. The number of hydrogen-bond donors (Lipinski definition) is 1. The zero-order valence-electron chi connectivity index (χ0n) is 17.1. The fourth-order valence-electron chi connectivity index (χ4n) is 3.49. The fraction of sp³-hybridized carbons (Fsp3) is 0.429. The van der Waals surface area contributed by atoms with E-state index in [4.69, 9.17) is 4.98 Å². The third-order valence-corrected chi connectivity index (χ3v) is 5.17. The molecule has 1 aliphatic heterocycles. The number of nitrogens with zero attached hydrogens (tertiary/aromatic N) is 5. The number of amides is 1. The first-order valence-corrected chi connectivity index (χ1v) is 9.89. The Bertz CT molecular complexity index is 1040. The largest absolute Gasteiger partial charge is 0.353 e. The van der Waals surface area contributed by atoms with Crippen molar-refractivity contribution in [3.63, 3.8) is 0 Å². The summed E-state index contributed by atoms with van der Waals surface area (Å²) < 4.78 is 1.47. The normalized spacial score (nSPS) is 15.4. The minimum atomic E-state index is -0.495. The van der Waals surface area contributed by atoms with Gasteiger partial charge in [0.25, 0.3) is 11.5 Å². The molecule has 8 nitrogen and oxygen atoms in total. The Hall–Kier alpha value is -3.18. The Morgan fingerprint density at radius 1 is 1.31 bits per heavy atom. The first-order valence-electron chi connectivity index (χ1n) is 9.89. The fourth-order valence-corrected chi connectivity index (χ4v) is 3.49. The van der Waals surface area contributed by atoms with Crippen LogP contribution in [-0.2, 0) is 4.79 Å². The zero-order valence-corrected chi connectivity index (χ0v) is 17.1. The molecule has 1 N–H and O–H groups in total. The van der Waals surface area contributed by atoms with Gasteiger partial charge in [-0.25, -0.2) is 4.98 Å². The van der Waals surface area contributed by atoms with Crippen LogP contribution in [0.4, 0.5) is 5.82 Å². The first-order chi connectivity index (χ1) is 14.0. The Balaban J connectivity index is 2.19. The number of nitriles is 1. The number of hydrogen-bond acceptors (Lipinski definition) is 6. The first kappa shape index (κ1) is 20.6. The van der Waals surface area contributed by atoms with Gasteiger partial charge in [-0.3, -0.25) is 14.0 Å². The van der Waals surface area contributed by atoms with Crippen molar-refractivity contribution in [2.75, 3.05) is 44.2 Å². The van der Waals surface area contributed by atoms with E-state index in [0.717, 1.165) is 38.3 Å². The molecule has 2 aromatic heterocycles. The lowest BCUT2D eigenvalue weighted by molar-refractivity contribution is -0.116. The smallest absolute Gasteiger partial charge is 0.267 e. The summed E-state index contributed by atoms with van der Waals surface area (Å²) in [6.07, 6.45) is 3.03. The van der Waals surface area contributed by atoms with Gasteiger partial charge in [0.2, 0.25) is 0 Å². The van der Waals surface area contributed by atoms with Gasteiger partial charge in [-0.2, -0.15) is 5.26 Å². The van der Waals surface area contributed by atoms with Crippen LogP contribution < -0.4 is 15.8 Å². The van der Waals surface area contributed by atoms with Crippen LogP contribution in [0.1, 0.15) is 25.0 Å². The summed E-state index contributed by atoms with van der Waals surface area (Å²) in [6.45, 7) is 10.4. The molecule has 0 saturated carbocycles. The second-order valence-electron chi connectivity index (χ2n) is 6.99. The van der Waals surface area contributed by atoms with E-state index in [-0.39, 0.29) is 16.7 Å². The number of nitrogens with one attached hydrogen (secondary N) is 1. The van der Waals surface area contributed by atoms with Crippen LogP contribution in [-0.4, -0.2) is 59.5 Å². The van der Waals surface area contributed by atoms with Crippen LogP contribution in [0.5, 0.6) is 0 Å². The van der Waals surface area contributed by atoms with Crippen molar-refractivity contribution in [3.05, 3.63) is 45.4 Å². The number of likely N-dealkylation sites (N-methyl/N-ethyl adjacent to an activating group) is 2. The number of aromatic nitrogens is 2. The summed E-state index contributed by atoms with van der Waals surface area (Å²) in [5.74, 6) is 0.0302. The Kier molecular flexibility index (Phi) is 6.29. The molecule has 8 heteroatoms. The molecule has 1 fully saturated rings. The van der Waals surface area contributed by atoms with Gasteiger partial charge in [0, 0.05) is 38.9 Å².